The molecule has 3 amide bonds. The lowest BCUT2D eigenvalue weighted by Gasteiger charge is -2.39. The minimum atomic E-state index is -0.502. The Balaban J connectivity index is 1.42. The van der Waals surface area contributed by atoms with Crippen LogP contribution >= 0.6 is 0 Å². The first-order chi connectivity index (χ1) is 16.4. The molecular formula is C25H36N6O3. The molecule has 0 spiro atoms. The van der Waals surface area contributed by atoms with Crippen molar-refractivity contribution in [1.29, 1.82) is 0 Å². The normalized spacial score (nSPS) is 19.1. The van der Waals surface area contributed by atoms with Crippen molar-refractivity contribution in [2.75, 3.05) is 33.2 Å². The van der Waals surface area contributed by atoms with Crippen LogP contribution in [0.5, 0.6) is 0 Å². The Bertz CT molecular complexity index is 1040. The van der Waals surface area contributed by atoms with Gasteiger partial charge in [0.05, 0.1) is 11.6 Å². The van der Waals surface area contributed by atoms with Crippen molar-refractivity contribution in [1.82, 2.24) is 30.0 Å². The highest BCUT2D eigenvalue weighted by atomic mass is 16.2. The van der Waals surface area contributed by atoms with E-state index in [1.807, 2.05) is 28.9 Å². The van der Waals surface area contributed by atoms with E-state index in [1.165, 1.54) is 6.42 Å². The van der Waals surface area contributed by atoms with E-state index in [4.69, 9.17) is 0 Å². The Morgan fingerprint density at radius 2 is 1.71 bits per heavy atom. The third-order valence-corrected chi connectivity index (χ3v) is 7.46. The molecule has 0 radical (unpaired) electrons. The van der Waals surface area contributed by atoms with Crippen LogP contribution in [-0.2, 0) is 9.59 Å². The smallest absolute Gasteiger partial charge is 0.254 e. The topological polar surface area (TPSA) is 99.0 Å². The highest BCUT2D eigenvalue weighted by Gasteiger charge is 2.36. The first kappa shape index (κ1) is 24.2. The highest BCUT2D eigenvalue weighted by molar-refractivity contribution is 5.97. The maximum atomic E-state index is 13.5. The van der Waals surface area contributed by atoms with Gasteiger partial charge in [-0.2, -0.15) is 5.10 Å². The summed E-state index contributed by atoms with van der Waals surface area (Å²) in [6, 6.07) is 2.85. The van der Waals surface area contributed by atoms with Crippen LogP contribution < -0.4 is 10.6 Å². The molecule has 9 nitrogen and oxygen atoms in total. The third kappa shape index (κ3) is 4.94. The van der Waals surface area contributed by atoms with Gasteiger partial charge in [0, 0.05) is 44.1 Å². The van der Waals surface area contributed by atoms with Gasteiger partial charge in [-0.15, -0.1) is 0 Å². The van der Waals surface area contributed by atoms with E-state index in [2.05, 4.69) is 15.7 Å². The maximum absolute atomic E-state index is 13.5. The number of aryl methyl sites for hydroxylation is 1. The van der Waals surface area contributed by atoms with Crippen LogP contribution in [0.2, 0.25) is 0 Å². The van der Waals surface area contributed by atoms with Gasteiger partial charge in [-0.1, -0.05) is 19.3 Å². The fraction of sp³-hybridized carbons (Fsp3) is 0.600. The highest BCUT2D eigenvalue weighted by Crippen LogP contribution is 2.28. The van der Waals surface area contributed by atoms with Crippen molar-refractivity contribution >= 4 is 23.2 Å². The molecule has 9 heteroatoms. The molecule has 34 heavy (non-hydrogen) atoms. The van der Waals surface area contributed by atoms with Crippen molar-refractivity contribution in [3.8, 4) is 0 Å². The Morgan fingerprint density at radius 3 is 2.38 bits per heavy atom. The molecule has 4 rings (SSSR count). The molecule has 184 valence electrons. The van der Waals surface area contributed by atoms with E-state index in [0.29, 0.717) is 31.7 Å². The van der Waals surface area contributed by atoms with Crippen molar-refractivity contribution in [2.24, 2.45) is 5.92 Å². The molecule has 2 N–H and O–H groups in total. The summed E-state index contributed by atoms with van der Waals surface area (Å²) in [5.74, 6) is -0.0225. The zero-order valence-electron chi connectivity index (χ0n) is 20.4. The van der Waals surface area contributed by atoms with Crippen molar-refractivity contribution in [3.63, 3.8) is 0 Å². The van der Waals surface area contributed by atoms with Crippen LogP contribution in [0.1, 0.15) is 54.9 Å². The van der Waals surface area contributed by atoms with Gasteiger partial charge in [0.1, 0.15) is 6.04 Å². The number of hydrogen-bond donors (Lipinski definition) is 2. The number of piperazine rings is 1. The molecule has 2 aromatic heterocycles. The summed E-state index contributed by atoms with van der Waals surface area (Å²) in [5.41, 5.74) is 2.49. The molecule has 2 aromatic rings. The molecule has 1 saturated heterocycles. The minimum absolute atomic E-state index is 0.0201. The van der Waals surface area contributed by atoms with Gasteiger partial charge < -0.3 is 20.4 Å². The number of rotatable bonds is 6. The SMILES string of the molecule is CN[C@@H](C)C(=O)N[C@H](C(=O)N1CCN(C(=O)c2ccn3nccc3c2C)CC1)C1CCCCC1. The van der Waals surface area contributed by atoms with Crippen LogP contribution in [-0.4, -0.2) is 82.4 Å². The van der Waals surface area contributed by atoms with Gasteiger partial charge >= 0.3 is 0 Å². The summed E-state index contributed by atoms with van der Waals surface area (Å²) < 4.78 is 1.76. The Hall–Kier alpha value is -2.94. The van der Waals surface area contributed by atoms with Crippen LogP contribution in [0.25, 0.3) is 5.52 Å². The molecule has 2 atom stereocenters. The van der Waals surface area contributed by atoms with Gasteiger partial charge in [0.25, 0.3) is 5.91 Å². The van der Waals surface area contributed by atoms with Crippen molar-refractivity contribution < 1.29 is 14.4 Å². The summed E-state index contributed by atoms with van der Waals surface area (Å²) in [4.78, 5) is 43.0. The number of hydrogen-bond acceptors (Lipinski definition) is 5. The van der Waals surface area contributed by atoms with Crippen LogP contribution in [0.4, 0.5) is 0 Å². The monoisotopic (exact) mass is 468 g/mol. The first-order valence-electron chi connectivity index (χ1n) is 12.4. The van der Waals surface area contributed by atoms with E-state index in [1.54, 1.807) is 30.9 Å². The molecule has 1 aliphatic heterocycles. The second-order valence-electron chi connectivity index (χ2n) is 9.53. The largest absolute Gasteiger partial charge is 0.343 e. The Kier molecular flexibility index (Phi) is 7.50. The second-order valence-corrected chi connectivity index (χ2v) is 9.53. The van der Waals surface area contributed by atoms with E-state index in [-0.39, 0.29) is 29.7 Å². The fourth-order valence-corrected chi connectivity index (χ4v) is 5.12. The standard InChI is InChI=1S/C25H36N6O3/c1-17-20(10-12-31-21(17)9-11-27-31)24(33)29-13-15-30(16-14-29)25(34)22(19-7-5-4-6-8-19)28-23(32)18(2)26-3/h9-12,18-19,22,26H,4-8,13-16H2,1-3H3,(H,28,32)/t18-,22-/m0/s1. The number of likely N-dealkylation sites (N-methyl/N-ethyl adjacent to an activating group) is 1. The molecular weight excluding hydrogens is 432 g/mol. The molecule has 2 fully saturated rings. The van der Waals surface area contributed by atoms with Crippen molar-refractivity contribution in [3.05, 3.63) is 35.7 Å². The molecule has 0 unspecified atom stereocenters. The van der Waals surface area contributed by atoms with E-state index >= 15 is 0 Å². The zero-order valence-corrected chi connectivity index (χ0v) is 20.4. The maximum Gasteiger partial charge on any atom is 0.254 e. The summed E-state index contributed by atoms with van der Waals surface area (Å²) in [5, 5.41) is 10.2. The lowest BCUT2D eigenvalue weighted by Crippen LogP contribution is -2.59. The number of carbonyl (C=O) groups is 3. The van der Waals surface area contributed by atoms with Gasteiger partial charge in [-0.05, 0) is 57.4 Å². The molecule has 0 bridgehead atoms. The van der Waals surface area contributed by atoms with Gasteiger partial charge in [0.15, 0.2) is 0 Å². The molecule has 3 heterocycles. The predicted molar refractivity (Wildman–Crippen MR) is 129 cm³/mol. The molecule has 1 aliphatic carbocycles. The number of pyridine rings is 1. The quantitative estimate of drug-likeness (QED) is 0.671. The lowest BCUT2D eigenvalue weighted by molar-refractivity contribution is -0.140. The first-order valence-corrected chi connectivity index (χ1v) is 12.4. The Morgan fingerprint density at radius 1 is 1.03 bits per heavy atom. The van der Waals surface area contributed by atoms with Crippen LogP contribution in [0, 0.1) is 12.8 Å². The molecule has 1 saturated carbocycles. The summed E-state index contributed by atoms with van der Waals surface area (Å²) >= 11 is 0. The van der Waals surface area contributed by atoms with Crippen LogP contribution in [0.3, 0.4) is 0 Å². The van der Waals surface area contributed by atoms with Gasteiger partial charge in [0.2, 0.25) is 11.8 Å². The number of nitrogens with zero attached hydrogens (tertiary/aromatic N) is 4. The summed E-state index contributed by atoms with van der Waals surface area (Å²) in [6.07, 6.45) is 8.81. The summed E-state index contributed by atoms with van der Waals surface area (Å²) in [7, 11) is 1.74. The average Bonchev–Trinajstić information content (AvgIpc) is 3.36. The summed E-state index contributed by atoms with van der Waals surface area (Å²) in [6.45, 7) is 5.64. The minimum Gasteiger partial charge on any atom is -0.343 e. The number of aromatic nitrogens is 2. The van der Waals surface area contributed by atoms with E-state index in [0.717, 1.165) is 36.8 Å². The van der Waals surface area contributed by atoms with Crippen LogP contribution in [0.15, 0.2) is 24.5 Å². The predicted octanol–water partition coefficient (Wildman–Crippen LogP) is 1.60. The molecule has 0 aromatic carbocycles. The molecule has 2 aliphatic rings. The number of amides is 3. The zero-order chi connectivity index (χ0) is 24.2. The van der Waals surface area contributed by atoms with Crippen molar-refractivity contribution in [2.45, 2.75) is 58.0 Å². The van der Waals surface area contributed by atoms with Gasteiger partial charge in [-0.3, -0.25) is 14.4 Å². The Labute approximate surface area is 200 Å². The lowest BCUT2D eigenvalue weighted by atomic mass is 9.83. The average molecular weight is 469 g/mol. The second kappa shape index (κ2) is 10.5. The van der Waals surface area contributed by atoms with E-state index < -0.39 is 6.04 Å². The van der Waals surface area contributed by atoms with Gasteiger partial charge in [-0.25, -0.2) is 4.52 Å². The van der Waals surface area contributed by atoms with E-state index in [9.17, 15) is 14.4 Å². The fourth-order valence-electron chi connectivity index (χ4n) is 5.12. The number of fused-ring (bicyclic) bond motifs is 1. The number of carbonyl (C=O) groups excluding carboxylic acids is 3. The third-order valence-electron chi connectivity index (χ3n) is 7.46. The number of nitrogens with one attached hydrogen (secondary N) is 2.